The summed E-state index contributed by atoms with van der Waals surface area (Å²) in [5, 5.41) is 0.678. The Labute approximate surface area is 78.2 Å². The van der Waals surface area contributed by atoms with Crippen molar-refractivity contribution in [3.8, 4) is 0 Å². The van der Waals surface area contributed by atoms with E-state index in [4.69, 9.17) is 0 Å². The molecule has 71 valence electrons. The molecular formula is C10H5F3N. The van der Waals surface area contributed by atoms with Crippen LogP contribution < -0.4 is 0 Å². The Balaban J connectivity index is 2.63. The minimum atomic E-state index is -4.38. The molecule has 2 rings (SSSR count). The zero-order valence-corrected chi connectivity index (χ0v) is 6.97. The number of alkyl halides is 3. The smallest absolute Gasteiger partial charge is 0.243 e. The molecular weight excluding hydrogens is 191 g/mol. The zero-order valence-electron chi connectivity index (χ0n) is 6.97. The van der Waals surface area contributed by atoms with Crippen LogP contribution in [0.4, 0.5) is 13.2 Å². The van der Waals surface area contributed by atoms with E-state index in [2.05, 4.69) is 11.1 Å². The average molecular weight is 196 g/mol. The lowest BCUT2D eigenvalue weighted by atomic mass is 10.2. The van der Waals surface area contributed by atoms with Crippen molar-refractivity contribution >= 4 is 10.9 Å². The van der Waals surface area contributed by atoms with Crippen molar-refractivity contribution in [1.29, 1.82) is 0 Å². The molecule has 0 unspecified atom stereocenters. The van der Waals surface area contributed by atoms with Crippen LogP contribution in [0, 0.1) is 6.07 Å². The maximum absolute atomic E-state index is 12.2. The second kappa shape index (κ2) is 2.97. The number of hydrogen-bond acceptors (Lipinski definition) is 1. The SMILES string of the molecule is FC(F)(F)c1ccc2cc[c]cc2n1. The summed E-state index contributed by atoms with van der Waals surface area (Å²) in [5.41, 5.74) is -0.563. The highest BCUT2D eigenvalue weighted by molar-refractivity contribution is 5.78. The minimum Gasteiger partial charge on any atom is -0.243 e. The van der Waals surface area contributed by atoms with Gasteiger partial charge in [0.15, 0.2) is 0 Å². The topological polar surface area (TPSA) is 12.9 Å². The van der Waals surface area contributed by atoms with Gasteiger partial charge in [0.2, 0.25) is 0 Å². The molecule has 4 heteroatoms. The molecule has 0 bridgehead atoms. The van der Waals surface area contributed by atoms with Crippen LogP contribution in [0.5, 0.6) is 0 Å². The highest BCUT2D eigenvalue weighted by Gasteiger charge is 2.32. The molecule has 1 aromatic heterocycles. The monoisotopic (exact) mass is 196 g/mol. The number of halogens is 3. The molecule has 0 saturated carbocycles. The summed E-state index contributed by atoms with van der Waals surface area (Å²) in [6, 6.07) is 9.80. The van der Waals surface area contributed by atoms with E-state index in [1.165, 1.54) is 12.1 Å². The van der Waals surface area contributed by atoms with Gasteiger partial charge in [0, 0.05) is 5.39 Å². The minimum absolute atomic E-state index is 0.308. The fraction of sp³-hybridized carbons (Fsp3) is 0.100. The van der Waals surface area contributed by atoms with E-state index in [9.17, 15) is 13.2 Å². The fourth-order valence-corrected chi connectivity index (χ4v) is 1.17. The Morgan fingerprint density at radius 3 is 2.64 bits per heavy atom. The van der Waals surface area contributed by atoms with Crippen LogP contribution in [0.15, 0.2) is 30.3 Å². The van der Waals surface area contributed by atoms with Gasteiger partial charge < -0.3 is 0 Å². The van der Waals surface area contributed by atoms with Gasteiger partial charge in [0.05, 0.1) is 5.52 Å². The second-order valence-corrected chi connectivity index (χ2v) is 2.81. The highest BCUT2D eigenvalue weighted by atomic mass is 19.4. The first kappa shape index (κ1) is 8.99. The lowest BCUT2D eigenvalue weighted by molar-refractivity contribution is -0.140. The van der Waals surface area contributed by atoms with Gasteiger partial charge in [-0.05, 0) is 18.2 Å². The van der Waals surface area contributed by atoms with Crippen molar-refractivity contribution in [2.75, 3.05) is 0 Å². The Kier molecular flexibility index (Phi) is 1.91. The molecule has 0 amide bonds. The third-order valence-electron chi connectivity index (χ3n) is 1.83. The Morgan fingerprint density at radius 1 is 1.14 bits per heavy atom. The number of fused-ring (bicyclic) bond motifs is 1. The van der Waals surface area contributed by atoms with Crippen molar-refractivity contribution in [2.45, 2.75) is 6.18 Å². The standard InChI is InChI=1S/C10H5F3N/c11-10(12,13)9-6-5-7-3-1-2-4-8(7)14-9/h1,3-6H. The van der Waals surface area contributed by atoms with Crippen LogP contribution in [0.1, 0.15) is 5.69 Å². The zero-order chi connectivity index (χ0) is 10.2. The van der Waals surface area contributed by atoms with E-state index in [0.29, 0.717) is 10.9 Å². The van der Waals surface area contributed by atoms with Crippen molar-refractivity contribution in [3.63, 3.8) is 0 Å². The predicted molar refractivity (Wildman–Crippen MR) is 45.6 cm³/mol. The molecule has 1 aromatic carbocycles. The Bertz CT molecular complexity index is 462. The normalized spacial score (nSPS) is 11.9. The summed E-state index contributed by atoms with van der Waals surface area (Å²) < 4.78 is 36.7. The van der Waals surface area contributed by atoms with Gasteiger partial charge in [-0.15, -0.1) is 0 Å². The van der Waals surface area contributed by atoms with E-state index >= 15 is 0 Å². The second-order valence-electron chi connectivity index (χ2n) is 2.81. The van der Waals surface area contributed by atoms with Crippen molar-refractivity contribution in [2.24, 2.45) is 0 Å². The van der Waals surface area contributed by atoms with Crippen LogP contribution in [0.2, 0.25) is 0 Å². The van der Waals surface area contributed by atoms with Crippen molar-refractivity contribution in [3.05, 3.63) is 42.1 Å². The highest BCUT2D eigenvalue weighted by Crippen LogP contribution is 2.28. The first-order valence-corrected chi connectivity index (χ1v) is 3.91. The van der Waals surface area contributed by atoms with E-state index in [0.717, 1.165) is 6.07 Å². The molecule has 1 radical (unpaired) electrons. The number of nitrogens with zero attached hydrogens (tertiary/aromatic N) is 1. The molecule has 1 heterocycles. The predicted octanol–water partition coefficient (Wildman–Crippen LogP) is 3.05. The van der Waals surface area contributed by atoms with E-state index in [-0.39, 0.29) is 0 Å². The van der Waals surface area contributed by atoms with Crippen LogP contribution in [-0.4, -0.2) is 4.98 Å². The molecule has 0 aliphatic rings. The third kappa shape index (κ3) is 1.55. The van der Waals surface area contributed by atoms with Gasteiger partial charge in [0.1, 0.15) is 5.69 Å². The van der Waals surface area contributed by atoms with Gasteiger partial charge in [-0.2, -0.15) is 13.2 Å². The summed E-state index contributed by atoms with van der Waals surface area (Å²) >= 11 is 0. The van der Waals surface area contributed by atoms with Gasteiger partial charge in [0.25, 0.3) is 0 Å². The summed E-state index contributed by atoms with van der Waals surface area (Å²) in [7, 11) is 0. The summed E-state index contributed by atoms with van der Waals surface area (Å²) in [5.74, 6) is 0. The summed E-state index contributed by atoms with van der Waals surface area (Å²) in [6.45, 7) is 0. The first-order chi connectivity index (χ1) is 6.57. The Morgan fingerprint density at radius 2 is 1.93 bits per heavy atom. The molecule has 0 spiro atoms. The van der Waals surface area contributed by atoms with E-state index < -0.39 is 11.9 Å². The lowest BCUT2D eigenvalue weighted by Gasteiger charge is -2.05. The Hall–Kier alpha value is -1.58. The van der Waals surface area contributed by atoms with Gasteiger partial charge in [-0.25, -0.2) is 4.98 Å². The summed E-state index contributed by atoms with van der Waals surface area (Å²) in [6.07, 6.45) is -4.38. The molecule has 14 heavy (non-hydrogen) atoms. The lowest BCUT2D eigenvalue weighted by Crippen LogP contribution is -2.07. The summed E-state index contributed by atoms with van der Waals surface area (Å²) in [4.78, 5) is 3.49. The molecule has 0 fully saturated rings. The molecule has 1 nitrogen and oxygen atoms in total. The van der Waals surface area contributed by atoms with Crippen LogP contribution in [-0.2, 0) is 6.18 Å². The molecule has 0 aliphatic carbocycles. The molecule has 2 aromatic rings. The average Bonchev–Trinajstić information content (AvgIpc) is 2.16. The number of hydrogen-bond donors (Lipinski definition) is 0. The number of rotatable bonds is 0. The van der Waals surface area contributed by atoms with Gasteiger partial charge in [-0.1, -0.05) is 18.2 Å². The molecule has 0 N–H and O–H groups in total. The number of benzene rings is 1. The maximum atomic E-state index is 12.2. The van der Waals surface area contributed by atoms with Crippen LogP contribution in [0.3, 0.4) is 0 Å². The number of aromatic nitrogens is 1. The number of pyridine rings is 1. The van der Waals surface area contributed by atoms with Crippen LogP contribution in [0.25, 0.3) is 10.9 Å². The van der Waals surface area contributed by atoms with Gasteiger partial charge >= 0.3 is 6.18 Å². The third-order valence-corrected chi connectivity index (χ3v) is 1.83. The van der Waals surface area contributed by atoms with E-state index in [1.807, 2.05) is 0 Å². The quantitative estimate of drug-likeness (QED) is 0.631. The maximum Gasteiger partial charge on any atom is 0.433 e. The molecule has 0 aliphatic heterocycles. The van der Waals surface area contributed by atoms with Crippen molar-refractivity contribution < 1.29 is 13.2 Å². The molecule has 0 saturated heterocycles. The fourth-order valence-electron chi connectivity index (χ4n) is 1.17. The van der Waals surface area contributed by atoms with Crippen molar-refractivity contribution in [1.82, 2.24) is 4.98 Å². The molecule has 0 atom stereocenters. The largest absolute Gasteiger partial charge is 0.433 e. The van der Waals surface area contributed by atoms with E-state index in [1.54, 1.807) is 12.1 Å². The van der Waals surface area contributed by atoms with Crippen LogP contribution >= 0.6 is 0 Å². The van der Waals surface area contributed by atoms with Gasteiger partial charge in [-0.3, -0.25) is 0 Å². The first-order valence-electron chi connectivity index (χ1n) is 3.91.